The van der Waals surface area contributed by atoms with E-state index in [0.29, 0.717) is 23.0 Å². The summed E-state index contributed by atoms with van der Waals surface area (Å²) in [7, 11) is 0. The van der Waals surface area contributed by atoms with E-state index in [1.165, 1.54) is 15.9 Å². The lowest BCUT2D eigenvalue weighted by Crippen LogP contribution is -2.15. The van der Waals surface area contributed by atoms with Gasteiger partial charge in [-0.05, 0) is 25.1 Å². The molecule has 7 nitrogen and oxygen atoms in total. The van der Waals surface area contributed by atoms with E-state index >= 15 is 0 Å². The van der Waals surface area contributed by atoms with Gasteiger partial charge in [0.2, 0.25) is 5.82 Å². The maximum Gasteiger partial charge on any atom is 0.268 e. The van der Waals surface area contributed by atoms with Crippen LogP contribution in [-0.4, -0.2) is 32.7 Å². The number of hydrogen-bond donors (Lipinski definition) is 0. The van der Waals surface area contributed by atoms with Crippen LogP contribution in [0.2, 0.25) is 0 Å². The van der Waals surface area contributed by atoms with Crippen LogP contribution in [-0.2, 0) is 6.54 Å². The molecule has 2 heterocycles. The lowest BCUT2D eigenvalue weighted by atomic mass is 10.2. The highest BCUT2D eigenvalue weighted by Gasteiger charge is 2.18. The zero-order valence-electron chi connectivity index (χ0n) is 13.6. The molecule has 0 fully saturated rings. The van der Waals surface area contributed by atoms with Crippen molar-refractivity contribution in [3.05, 3.63) is 60.0 Å². The van der Waals surface area contributed by atoms with Crippen LogP contribution >= 0.6 is 0 Å². The molecule has 0 bridgehead atoms. The second kappa shape index (κ2) is 7.43. The van der Waals surface area contributed by atoms with Gasteiger partial charge in [-0.1, -0.05) is 24.3 Å². The van der Waals surface area contributed by atoms with Gasteiger partial charge >= 0.3 is 0 Å². The summed E-state index contributed by atoms with van der Waals surface area (Å²) in [6.07, 6.45) is 3.21. The Balaban J connectivity index is 2.06. The molecule has 0 aliphatic carbocycles. The quantitative estimate of drug-likeness (QED) is 0.512. The fourth-order valence-electron chi connectivity index (χ4n) is 2.24. The summed E-state index contributed by atoms with van der Waals surface area (Å²) >= 11 is 0. The number of nitrogens with zero attached hydrogens (tertiary/aromatic N) is 7. The van der Waals surface area contributed by atoms with Crippen molar-refractivity contribution in [2.75, 3.05) is 5.12 Å². The summed E-state index contributed by atoms with van der Waals surface area (Å²) in [6.45, 7) is 5.41. The van der Waals surface area contributed by atoms with Gasteiger partial charge < -0.3 is 0 Å². The number of halogens is 1. The van der Waals surface area contributed by atoms with E-state index in [9.17, 15) is 4.39 Å². The van der Waals surface area contributed by atoms with Gasteiger partial charge in [0.05, 0.1) is 6.54 Å². The number of rotatable bonds is 6. The van der Waals surface area contributed by atoms with E-state index in [0.717, 1.165) is 0 Å². The highest BCUT2D eigenvalue weighted by molar-refractivity contribution is 5.57. The van der Waals surface area contributed by atoms with Gasteiger partial charge in [-0.2, -0.15) is 15.2 Å². The smallest absolute Gasteiger partial charge is 0.253 e. The van der Waals surface area contributed by atoms with Crippen LogP contribution in [0, 0.1) is 5.82 Å². The topological polar surface area (TPSA) is 71.6 Å². The second-order valence-corrected chi connectivity index (χ2v) is 5.00. The zero-order valence-corrected chi connectivity index (χ0v) is 13.6. The Hall–Kier alpha value is -3.42. The maximum absolute atomic E-state index is 14.0. The lowest BCUT2D eigenvalue weighted by Gasteiger charge is -2.12. The van der Waals surface area contributed by atoms with Gasteiger partial charge in [0.15, 0.2) is 0 Å². The summed E-state index contributed by atoms with van der Waals surface area (Å²) in [6, 6.07) is 11.9. The summed E-state index contributed by atoms with van der Waals surface area (Å²) in [4.78, 5) is 8.68. The van der Waals surface area contributed by atoms with E-state index < -0.39 is 0 Å². The van der Waals surface area contributed by atoms with Gasteiger partial charge in [0.1, 0.15) is 11.5 Å². The molecule has 2 aromatic heterocycles. The second-order valence-electron chi connectivity index (χ2n) is 5.00. The van der Waals surface area contributed by atoms with Crippen LogP contribution in [0.15, 0.2) is 58.9 Å². The van der Waals surface area contributed by atoms with Gasteiger partial charge in [0, 0.05) is 24.7 Å². The van der Waals surface area contributed by atoms with Crippen molar-refractivity contribution in [1.29, 1.82) is 0 Å². The van der Waals surface area contributed by atoms with Crippen molar-refractivity contribution in [1.82, 2.24) is 19.7 Å². The molecule has 0 N–H and O–H groups in total. The minimum Gasteiger partial charge on any atom is -0.253 e. The molecular weight excluding hydrogens is 321 g/mol. The van der Waals surface area contributed by atoms with Crippen LogP contribution in [0.3, 0.4) is 0 Å². The Labute approximate surface area is 144 Å². The molecule has 0 saturated heterocycles. The molecule has 25 heavy (non-hydrogen) atoms. The van der Waals surface area contributed by atoms with Gasteiger partial charge in [-0.25, -0.2) is 9.07 Å². The zero-order chi connectivity index (χ0) is 17.6. The van der Waals surface area contributed by atoms with E-state index in [1.54, 1.807) is 49.7 Å². The number of benzene rings is 1. The molecule has 0 aliphatic rings. The summed E-state index contributed by atoms with van der Waals surface area (Å²) < 4.78 is 15.5. The third kappa shape index (κ3) is 3.57. The molecule has 0 spiro atoms. The molecular formula is C17H16FN7. The predicted octanol–water partition coefficient (Wildman–Crippen LogP) is 2.96. The third-order valence-electron chi connectivity index (χ3n) is 3.36. The van der Waals surface area contributed by atoms with Crippen molar-refractivity contribution >= 4 is 18.9 Å². The normalized spacial score (nSPS) is 11.0. The summed E-state index contributed by atoms with van der Waals surface area (Å²) in [5, 5.41) is 13.6. The Kier molecular flexibility index (Phi) is 4.89. The number of hydrazone groups is 2. The Morgan fingerprint density at radius 1 is 1.24 bits per heavy atom. The molecule has 0 radical (unpaired) electrons. The molecule has 0 unspecified atom stereocenters. The molecule has 0 aliphatic heterocycles. The van der Waals surface area contributed by atoms with Crippen LogP contribution in [0.5, 0.6) is 0 Å². The van der Waals surface area contributed by atoms with Crippen molar-refractivity contribution < 1.29 is 4.39 Å². The largest absolute Gasteiger partial charge is 0.268 e. The molecule has 3 rings (SSSR count). The maximum atomic E-state index is 14.0. The Morgan fingerprint density at radius 3 is 2.72 bits per heavy atom. The summed E-state index contributed by atoms with van der Waals surface area (Å²) in [5.41, 5.74) is 1.08. The van der Waals surface area contributed by atoms with E-state index in [1.807, 2.05) is 6.07 Å². The van der Waals surface area contributed by atoms with E-state index in [2.05, 4.69) is 32.0 Å². The fraction of sp³-hybridized carbons (Fsp3) is 0.118. The minimum atomic E-state index is -0.319. The van der Waals surface area contributed by atoms with Crippen LogP contribution in [0.4, 0.5) is 10.3 Å². The lowest BCUT2D eigenvalue weighted by molar-refractivity contribution is 0.582. The first-order chi connectivity index (χ1) is 12.2. The van der Waals surface area contributed by atoms with Crippen molar-refractivity contribution in [3.8, 4) is 11.5 Å². The summed E-state index contributed by atoms with van der Waals surface area (Å²) in [5.74, 6) is 0.393. The predicted molar refractivity (Wildman–Crippen MR) is 94.9 cm³/mol. The van der Waals surface area contributed by atoms with Gasteiger partial charge in [-0.15, -0.1) is 10.2 Å². The third-order valence-corrected chi connectivity index (χ3v) is 3.36. The van der Waals surface area contributed by atoms with Crippen molar-refractivity contribution in [3.63, 3.8) is 0 Å². The SMILES string of the molecule is C=NN(N=CC)c1nc(-c2ccccn2)nn1Cc1ccccc1F. The monoisotopic (exact) mass is 337 g/mol. The van der Waals surface area contributed by atoms with Crippen molar-refractivity contribution in [2.45, 2.75) is 13.5 Å². The van der Waals surface area contributed by atoms with E-state index in [4.69, 9.17) is 0 Å². The first-order valence-electron chi connectivity index (χ1n) is 7.58. The van der Waals surface area contributed by atoms with Crippen LogP contribution in [0.1, 0.15) is 12.5 Å². The highest BCUT2D eigenvalue weighted by atomic mass is 19.1. The average molecular weight is 337 g/mol. The van der Waals surface area contributed by atoms with Crippen LogP contribution < -0.4 is 5.12 Å². The Morgan fingerprint density at radius 2 is 2.04 bits per heavy atom. The van der Waals surface area contributed by atoms with Crippen LogP contribution in [0.25, 0.3) is 11.5 Å². The standard InChI is InChI=1S/C17H16FN7/c1-3-21-25(19-2)17-22-16(15-10-6-7-11-20-15)23-24(17)12-13-8-4-5-9-14(13)18/h3-11H,2,12H2,1H3. The molecule has 8 heteroatoms. The average Bonchev–Trinajstić information content (AvgIpc) is 3.06. The Bertz CT molecular complexity index is 889. The van der Waals surface area contributed by atoms with Gasteiger partial charge in [0.25, 0.3) is 5.95 Å². The molecule has 126 valence electrons. The first-order valence-corrected chi connectivity index (χ1v) is 7.58. The van der Waals surface area contributed by atoms with Crippen molar-refractivity contribution in [2.24, 2.45) is 10.2 Å². The fourth-order valence-corrected chi connectivity index (χ4v) is 2.24. The van der Waals surface area contributed by atoms with Gasteiger partial charge in [-0.3, -0.25) is 4.98 Å². The number of pyridine rings is 1. The molecule has 1 aromatic carbocycles. The van der Waals surface area contributed by atoms with E-state index in [-0.39, 0.29) is 12.4 Å². The molecule has 0 amide bonds. The number of anilines is 1. The highest BCUT2D eigenvalue weighted by Crippen LogP contribution is 2.21. The molecule has 3 aromatic rings. The first kappa shape index (κ1) is 16.4. The molecule has 0 saturated carbocycles. The number of aromatic nitrogens is 4. The molecule has 0 atom stereocenters. The number of hydrogen-bond acceptors (Lipinski definition) is 6. The minimum absolute atomic E-state index is 0.174.